The van der Waals surface area contributed by atoms with E-state index in [1.807, 2.05) is 25.9 Å². The first kappa shape index (κ1) is 17.8. The number of nitrogens with one attached hydrogen (secondary N) is 1. The largest absolute Gasteiger partial charge is 0.481 e. The van der Waals surface area contributed by atoms with Crippen molar-refractivity contribution in [2.75, 3.05) is 33.7 Å². The van der Waals surface area contributed by atoms with Crippen molar-refractivity contribution in [2.45, 2.75) is 39.7 Å². The number of likely N-dealkylation sites (tertiary alicyclic amines) is 1. The van der Waals surface area contributed by atoms with E-state index in [0.717, 1.165) is 19.4 Å². The minimum atomic E-state index is -0.797. The molecule has 0 radical (unpaired) electrons. The number of carbonyl (C=O) groups excluding carboxylic acids is 1. The molecule has 0 saturated carbocycles. The summed E-state index contributed by atoms with van der Waals surface area (Å²) >= 11 is 0. The second-order valence-electron chi connectivity index (χ2n) is 6.92. The molecular weight excluding hydrogens is 270 g/mol. The monoisotopic (exact) mass is 299 g/mol. The van der Waals surface area contributed by atoms with Gasteiger partial charge >= 0.3 is 12.0 Å². The van der Waals surface area contributed by atoms with E-state index in [1.54, 1.807) is 18.7 Å². The van der Waals surface area contributed by atoms with Crippen LogP contribution >= 0.6 is 0 Å². The van der Waals surface area contributed by atoms with Gasteiger partial charge in [-0.1, -0.05) is 0 Å². The number of carboxylic acids is 1. The number of urea groups is 1. The van der Waals surface area contributed by atoms with Crippen molar-refractivity contribution in [3.63, 3.8) is 0 Å². The Morgan fingerprint density at radius 3 is 2.57 bits per heavy atom. The number of rotatable bonds is 5. The van der Waals surface area contributed by atoms with Crippen LogP contribution in [0.3, 0.4) is 0 Å². The lowest BCUT2D eigenvalue weighted by Crippen LogP contribution is -2.52. The van der Waals surface area contributed by atoms with Gasteiger partial charge in [0.25, 0.3) is 0 Å². The fourth-order valence-corrected chi connectivity index (χ4v) is 2.82. The number of aliphatic carboxylic acids is 1. The van der Waals surface area contributed by atoms with Crippen molar-refractivity contribution in [1.82, 2.24) is 15.1 Å². The molecule has 2 amide bonds. The van der Waals surface area contributed by atoms with Gasteiger partial charge in [-0.05, 0) is 53.6 Å². The molecule has 2 N–H and O–H groups in total. The summed E-state index contributed by atoms with van der Waals surface area (Å²) in [5.41, 5.74) is -0.797. The number of piperidine rings is 1. The summed E-state index contributed by atoms with van der Waals surface area (Å²) in [7, 11) is 3.93. The first-order valence-electron chi connectivity index (χ1n) is 7.58. The van der Waals surface area contributed by atoms with Gasteiger partial charge in [0.15, 0.2) is 0 Å². The van der Waals surface area contributed by atoms with Crippen LogP contribution in [-0.2, 0) is 4.79 Å². The highest BCUT2D eigenvalue weighted by atomic mass is 16.4. The first-order chi connectivity index (χ1) is 9.64. The SMILES string of the molecule is CC(CN(C)C)NC(=O)N1CCCC(C(C)(C)C(=O)O)C1. The van der Waals surface area contributed by atoms with Gasteiger partial charge < -0.3 is 20.2 Å². The Morgan fingerprint density at radius 1 is 1.43 bits per heavy atom. The zero-order valence-corrected chi connectivity index (χ0v) is 13.8. The van der Waals surface area contributed by atoms with Gasteiger partial charge in [-0.3, -0.25) is 4.79 Å². The van der Waals surface area contributed by atoms with Crippen molar-refractivity contribution in [2.24, 2.45) is 11.3 Å². The Hall–Kier alpha value is -1.30. The maximum atomic E-state index is 12.3. The molecule has 6 nitrogen and oxygen atoms in total. The molecule has 0 spiro atoms. The molecule has 0 aromatic heterocycles. The summed E-state index contributed by atoms with van der Waals surface area (Å²) in [5, 5.41) is 12.3. The van der Waals surface area contributed by atoms with Crippen LogP contribution in [0.4, 0.5) is 4.79 Å². The fraction of sp³-hybridized carbons (Fsp3) is 0.867. The van der Waals surface area contributed by atoms with Crippen LogP contribution in [0.2, 0.25) is 0 Å². The van der Waals surface area contributed by atoms with Crippen molar-refractivity contribution in [1.29, 1.82) is 0 Å². The summed E-state index contributed by atoms with van der Waals surface area (Å²) < 4.78 is 0. The predicted octanol–water partition coefficient (Wildman–Crippen LogP) is 1.47. The summed E-state index contributed by atoms with van der Waals surface area (Å²) in [6.45, 7) is 7.46. The van der Waals surface area contributed by atoms with Crippen molar-refractivity contribution >= 4 is 12.0 Å². The zero-order valence-electron chi connectivity index (χ0n) is 13.8. The molecule has 1 aliphatic heterocycles. The highest BCUT2D eigenvalue weighted by Crippen LogP contribution is 2.34. The molecule has 21 heavy (non-hydrogen) atoms. The Balaban J connectivity index is 2.60. The Bertz CT molecular complexity index is 382. The van der Waals surface area contributed by atoms with Gasteiger partial charge in [0.05, 0.1) is 5.41 Å². The number of carboxylic acid groups (broad SMARTS) is 1. The highest BCUT2D eigenvalue weighted by molar-refractivity contribution is 5.76. The van der Waals surface area contributed by atoms with E-state index >= 15 is 0 Å². The summed E-state index contributed by atoms with van der Waals surface area (Å²) in [6.07, 6.45) is 1.72. The lowest BCUT2D eigenvalue weighted by molar-refractivity contribution is -0.151. The van der Waals surface area contributed by atoms with Crippen LogP contribution in [0, 0.1) is 11.3 Å². The normalized spacial score (nSPS) is 21.2. The number of nitrogens with zero attached hydrogens (tertiary/aromatic N) is 2. The van der Waals surface area contributed by atoms with Crippen molar-refractivity contribution in [3.05, 3.63) is 0 Å². The van der Waals surface area contributed by atoms with E-state index in [4.69, 9.17) is 0 Å². The summed E-state index contributed by atoms with van der Waals surface area (Å²) in [6, 6.07) is -0.0180. The molecule has 2 atom stereocenters. The maximum absolute atomic E-state index is 12.3. The Kier molecular flexibility index (Phi) is 6.01. The van der Waals surface area contributed by atoms with Crippen LogP contribution in [0.25, 0.3) is 0 Å². The lowest BCUT2D eigenvalue weighted by atomic mass is 9.74. The molecule has 122 valence electrons. The standard InChI is InChI=1S/C15H29N3O3/c1-11(9-17(4)5)16-14(21)18-8-6-7-12(10-18)15(2,3)13(19)20/h11-12H,6-10H2,1-5H3,(H,16,21)(H,19,20). The molecule has 2 unspecified atom stereocenters. The highest BCUT2D eigenvalue weighted by Gasteiger charge is 2.40. The van der Waals surface area contributed by atoms with E-state index < -0.39 is 11.4 Å². The van der Waals surface area contributed by atoms with E-state index in [-0.39, 0.29) is 18.0 Å². The lowest BCUT2D eigenvalue weighted by Gasteiger charge is -2.39. The van der Waals surface area contributed by atoms with Gasteiger partial charge in [0.2, 0.25) is 0 Å². The molecule has 0 bridgehead atoms. The van der Waals surface area contributed by atoms with Crippen molar-refractivity contribution < 1.29 is 14.7 Å². The second-order valence-corrected chi connectivity index (χ2v) is 6.92. The molecule has 1 rings (SSSR count). The molecule has 6 heteroatoms. The molecule has 1 saturated heterocycles. The van der Waals surface area contributed by atoms with E-state index in [1.165, 1.54) is 0 Å². The molecule has 1 heterocycles. The van der Waals surface area contributed by atoms with Gasteiger partial charge in [0, 0.05) is 25.7 Å². The van der Waals surface area contributed by atoms with E-state index in [9.17, 15) is 14.7 Å². The van der Waals surface area contributed by atoms with Crippen LogP contribution in [0.1, 0.15) is 33.6 Å². The Labute approximate surface area is 127 Å². The summed E-state index contributed by atoms with van der Waals surface area (Å²) in [5.74, 6) is -0.797. The Morgan fingerprint density at radius 2 is 2.05 bits per heavy atom. The quantitative estimate of drug-likeness (QED) is 0.806. The van der Waals surface area contributed by atoms with Gasteiger partial charge in [-0.15, -0.1) is 0 Å². The van der Waals surface area contributed by atoms with E-state index in [0.29, 0.717) is 13.1 Å². The number of amides is 2. The molecule has 0 aliphatic carbocycles. The zero-order chi connectivity index (χ0) is 16.2. The topological polar surface area (TPSA) is 72.9 Å². The molecule has 0 aromatic carbocycles. The van der Waals surface area contributed by atoms with Crippen LogP contribution in [0.15, 0.2) is 0 Å². The number of carbonyl (C=O) groups is 2. The summed E-state index contributed by atoms with van der Waals surface area (Å²) in [4.78, 5) is 27.4. The predicted molar refractivity (Wildman–Crippen MR) is 82.3 cm³/mol. The fourth-order valence-electron chi connectivity index (χ4n) is 2.82. The molecular formula is C15H29N3O3. The number of hydrogen-bond donors (Lipinski definition) is 2. The minimum absolute atomic E-state index is 0.00125. The number of likely N-dealkylation sites (N-methyl/N-ethyl adjacent to an activating group) is 1. The van der Waals surface area contributed by atoms with E-state index in [2.05, 4.69) is 5.32 Å². The first-order valence-corrected chi connectivity index (χ1v) is 7.58. The van der Waals surface area contributed by atoms with Crippen LogP contribution < -0.4 is 5.32 Å². The maximum Gasteiger partial charge on any atom is 0.317 e. The molecule has 1 fully saturated rings. The third-order valence-corrected chi connectivity index (χ3v) is 4.29. The minimum Gasteiger partial charge on any atom is -0.481 e. The van der Waals surface area contributed by atoms with Gasteiger partial charge in [-0.25, -0.2) is 4.79 Å². The molecule has 0 aromatic rings. The second kappa shape index (κ2) is 7.11. The van der Waals surface area contributed by atoms with Gasteiger partial charge in [0.1, 0.15) is 0 Å². The third kappa shape index (κ3) is 4.88. The molecule has 1 aliphatic rings. The average molecular weight is 299 g/mol. The third-order valence-electron chi connectivity index (χ3n) is 4.29. The average Bonchev–Trinajstić information content (AvgIpc) is 2.37. The van der Waals surface area contributed by atoms with Gasteiger partial charge in [-0.2, -0.15) is 0 Å². The van der Waals surface area contributed by atoms with Crippen LogP contribution in [0.5, 0.6) is 0 Å². The smallest absolute Gasteiger partial charge is 0.317 e. The van der Waals surface area contributed by atoms with Crippen LogP contribution in [-0.4, -0.2) is 66.7 Å². The van der Waals surface area contributed by atoms with Crippen molar-refractivity contribution in [3.8, 4) is 0 Å². The number of hydrogen-bond acceptors (Lipinski definition) is 3.